The van der Waals surface area contributed by atoms with Gasteiger partial charge in [-0.15, -0.1) is 5.10 Å². The number of fused-ring (bicyclic) bond motifs is 1. The normalized spacial score (nSPS) is 11.4. The first kappa shape index (κ1) is 17.7. The summed E-state index contributed by atoms with van der Waals surface area (Å²) in [5.74, 6) is 1.29. The molecular weight excluding hydrogens is 310 g/mol. The van der Waals surface area contributed by atoms with Crippen LogP contribution in [0.1, 0.15) is 43.6 Å². The fraction of sp³-hybridized carbons (Fsp3) is 0.625. The summed E-state index contributed by atoms with van der Waals surface area (Å²) in [5.41, 5.74) is 2.70. The lowest BCUT2D eigenvalue weighted by atomic mass is 10.1. The van der Waals surface area contributed by atoms with Crippen molar-refractivity contribution in [1.82, 2.24) is 24.9 Å². The van der Waals surface area contributed by atoms with E-state index in [-0.39, 0.29) is 5.91 Å². The molecule has 0 saturated carbocycles. The summed E-state index contributed by atoms with van der Waals surface area (Å²) in [6, 6.07) is 0. The third kappa shape index (κ3) is 4.43. The second-order valence-corrected chi connectivity index (χ2v) is 6.91. The van der Waals surface area contributed by atoms with Gasteiger partial charge in [-0.1, -0.05) is 25.6 Å². The number of carbonyl (C=O) groups is 1. The number of nitrogens with one attached hydrogen (secondary N) is 1. The van der Waals surface area contributed by atoms with E-state index < -0.39 is 0 Å². The topological polar surface area (TPSA) is 72.2 Å². The van der Waals surface area contributed by atoms with Crippen LogP contribution in [0.3, 0.4) is 0 Å². The zero-order valence-corrected chi connectivity index (χ0v) is 15.3. The van der Waals surface area contributed by atoms with Gasteiger partial charge in [-0.25, -0.2) is 9.50 Å². The van der Waals surface area contributed by atoms with Crippen molar-refractivity contribution < 1.29 is 4.79 Å². The summed E-state index contributed by atoms with van der Waals surface area (Å²) in [5, 5.41) is 8.09. The maximum atomic E-state index is 12.2. The van der Waals surface area contributed by atoms with Gasteiger partial charge >= 0.3 is 0 Å². The van der Waals surface area contributed by atoms with Gasteiger partial charge in [-0.3, -0.25) is 4.79 Å². The number of thioether (sulfide) groups is 1. The second-order valence-electron chi connectivity index (χ2n) is 6.13. The molecule has 1 amide bonds. The second kappa shape index (κ2) is 7.77. The Hall–Kier alpha value is -1.63. The van der Waals surface area contributed by atoms with E-state index in [1.54, 1.807) is 4.52 Å². The van der Waals surface area contributed by atoms with Crippen LogP contribution < -0.4 is 5.32 Å². The molecule has 7 heteroatoms. The number of rotatable bonds is 7. The maximum absolute atomic E-state index is 12.2. The Morgan fingerprint density at radius 2 is 2.04 bits per heavy atom. The molecule has 6 nitrogen and oxygen atoms in total. The van der Waals surface area contributed by atoms with E-state index in [2.05, 4.69) is 34.2 Å². The minimum atomic E-state index is 0.0336. The van der Waals surface area contributed by atoms with Crippen LogP contribution in [0.25, 0.3) is 5.78 Å². The molecule has 23 heavy (non-hydrogen) atoms. The average Bonchev–Trinajstić information content (AvgIpc) is 2.91. The van der Waals surface area contributed by atoms with Gasteiger partial charge in [0.25, 0.3) is 5.78 Å². The van der Waals surface area contributed by atoms with Crippen molar-refractivity contribution in [2.75, 3.05) is 12.8 Å². The standard InChI is InChI=1S/C16H25N5OS/c1-10(2)7-6-8-17-14(22)9-13-11(3)18-15-19-16(23-5)20-21(15)12(13)4/h10H,6-9H2,1-5H3,(H,17,22). The van der Waals surface area contributed by atoms with Gasteiger partial charge in [0.2, 0.25) is 11.1 Å². The van der Waals surface area contributed by atoms with E-state index in [0.717, 1.165) is 36.3 Å². The first-order valence-electron chi connectivity index (χ1n) is 7.96. The fourth-order valence-electron chi connectivity index (χ4n) is 2.49. The molecule has 1 N–H and O–H groups in total. The van der Waals surface area contributed by atoms with Crippen LogP contribution in [0, 0.1) is 19.8 Å². The van der Waals surface area contributed by atoms with Gasteiger partial charge < -0.3 is 5.32 Å². The lowest BCUT2D eigenvalue weighted by Crippen LogP contribution is -2.27. The number of hydrogen-bond acceptors (Lipinski definition) is 5. The lowest BCUT2D eigenvalue weighted by Gasteiger charge is -2.11. The van der Waals surface area contributed by atoms with Crippen molar-refractivity contribution in [2.24, 2.45) is 5.92 Å². The molecule has 0 atom stereocenters. The summed E-state index contributed by atoms with van der Waals surface area (Å²) in [4.78, 5) is 21.0. The van der Waals surface area contributed by atoms with Crippen molar-refractivity contribution in [2.45, 2.75) is 52.1 Å². The summed E-state index contributed by atoms with van der Waals surface area (Å²) in [7, 11) is 0. The Morgan fingerprint density at radius 3 is 2.70 bits per heavy atom. The predicted octanol–water partition coefficient (Wildman–Crippen LogP) is 2.56. The van der Waals surface area contributed by atoms with Gasteiger partial charge in [0.15, 0.2) is 0 Å². The third-order valence-corrected chi connectivity index (χ3v) is 4.37. The number of nitrogens with zero attached hydrogens (tertiary/aromatic N) is 4. The van der Waals surface area contributed by atoms with Gasteiger partial charge in [-0.2, -0.15) is 4.98 Å². The Kier molecular flexibility index (Phi) is 5.98. The van der Waals surface area contributed by atoms with Gasteiger partial charge in [-0.05, 0) is 38.9 Å². The number of aromatic nitrogens is 4. The molecule has 2 aromatic heterocycles. The Labute approximate surface area is 141 Å². The lowest BCUT2D eigenvalue weighted by molar-refractivity contribution is -0.120. The molecule has 2 heterocycles. The van der Waals surface area contributed by atoms with Crippen LogP contribution >= 0.6 is 11.8 Å². The SMILES string of the molecule is CSc1nc2nc(C)c(CC(=O)NCCCC(C)C)c(C)n2n1. The number of hydrogen-bond donors (Lipinski definition) is 1. The molecule has 2 aromatic rings. The summed E-state index contributed by atoms with van der Waals surface area (Å²) < 4.78 is 1.72. The van der Waals surface area contributed by atoms with Crippen molar-refractivity contribution in [3.63, 3.8) is 0 Å². The predicted molar refractivity (Wildman–Crippen MR) is 92.8 cm³/mol. The molecule has 0 radical (unpaired) electrons. The molecule has 0 bridgehead atoms. The molecule has 2 rings (SSSR count). The van der Waals surface area contributed by atoms with Crippen molar-refractivity contribution >= 4 is 23.4 Å². The van der Waals surface area contributed by atoms with E-state index in [4.69, 9.17) is 0 Å². The smallest absolute Gasteiger partial charge is 0.253 e. The van der Waals surface area contributed by atoms with Crippen LogP contribution in [0.15, 0.2) is 5.16 Å². The van der Waals surface area contributed by atoms with E-state index in [9.17, 15) is 4.79 Å². The van der Waals surface area contributed by atoms with Gasteiger partial charge in [0, 0.05) is 23.5 Å². The first-order valence-corrected chi connectivity index (χ1v) is 9.18. The molecule has 126 valence electrons. The van der Waals surface area contributed by atoms with Gasteiger partial charge in [0.05, 0.1) is 6.42 Å². The Morgan fingerprint density at radius 1 is 1.30 bits per heavy atom. The molecule has 0 aliphatic carbocycles. The maximum Gasteiger partial charge on any atom is 0.253 e. The van der Waals surface area contributed by atoms with Gasteiger partial charge in [0.1, 0.15) is 0 Å². The van der Waals surface area contributed by atoms with E-state index in [0.29, 0.717) is 23.3 Å². The summed E-state index contributed by atoms with van der Waals surface area (Å²) >= 11 is 1.48. The summed E-state index contributed by atoms with van der Waals surface area (Å²) in [6.45, 7) is 8.99. The molecule has 0 spiro atoms. The monoisotopic (exact) mass is 335 g/mol. The largest absolute Gasteiger partial charge is 0.356 e. The van der Waals surface area contributed by atoms with Crippen LogP contribution in [-0.4, -0.2) is 38.3 Å². The molecule has 0 saturated heterocycles. The van der Waals surface area contributed by atoms with Crippen LogP contribution in [-0.2, 0) is 11.2 Å². The molecule has 0 fully saturated rings. The van der Waals surface area contributed by atoms with E-state index in [1.807, 2.05) is 20.1 Å². The number of aryl methyl sites for hydroxylation is 2. The molecule has 0 aliphatic rings. The number of carbonyl (C=O) groups excluding carboxylic acids is 1. The highest BCUT2D eigenvalue weighted by molar-refractivity contribution is 7.98. The zero-order chi connectivity index (χ0) is 17.0. The Balaban J connectivity index is 2.08. The van der Waals surface area contributed by atoms with Crippen LogP contribution in [0.5, 0.6) is 0 Å². The van der Waals surface area contributed by atoms with Crippen LogP contribution in [0.4, 0.5) is 0 Å². The quantitative estimate of drug-likeness (QED) is 0.622. The highest BCUT2D eigenvalue weighted by Crippen LogP contribution is 2.17. The molecular formula is C16H25N5OS. The molecule has 0 unspecified atom stereocenters. The fourth-order valence-corrected chi connectivity index (χ4v) is 2.83. The number of amides is 1. The third-order valence-electron chi connectivity index (χ3n) is 3.83. The molecule has 0 aliphatic heterocycles. The molecule has 0 aromatic carbocycles. The summed E-state index contributed by atoms with van der Waals surface area (Å²) in [6.07, 6.45) is 4.40. The van der Waals surface area contributed by atoms with Crippen molar-refractivity contribution in [1.29, 1.82) is 0 Å². The average molecular weight is 335 g/mol. The van der Waals surface area contributed by atoms with Crippen LogP contribution in [0.2, 0.25) is 0 Å². The highest BCUT2D eigenvalue weighted by atomic mass is 32.2. The van der Waals surface area contributed by atoms with Crippen molar-refractivity contribution in [3.05, 3.63) is 17.0 Å². The van der Waals surface area contributed by atoms with Crippen molar-refractivity contribution in [3.8, 4) is 0 Å². The zero-order valence-electron chi connectivity index (χ0n) is 14.5. The highest BCUT2D eigenvalue weighted by Gasteiger charge is 2.15. The first-order chi connectivity index (χ1) is 10.9. The van der Waals surface area contributed by atoms with E-state index in [1.165, 1.54) is 11.8 Å². The van der Waals surface area contributed by atoms with E-state index >= 15 is 0 Å². The minimum Gasteiger partial charge on any atom is -0.356 e. The Bertz CT molecular complexity index is 695. The minimum absolute atomic E-state index is 0.0336.